The molecule has 0 amide bonds. The molecule has 228 valence electrons. The number of nitrogens with zero attached hydrogens (tertiary/aromatic N) is 5. The van der Waals surface area contributed by atoms with Crippen molar-refractivity contribution in [3.63, 3.8) is 0 Å². The Balaban J connectivity index is 1.55. The topological polar surface area (TPSA) is 109 Å². The van der Waals surface area contributed by atoms with Crippen molar-refractivity contribution in [2.24, 2.45) is 5.92 Å². The van der Waals surface area contributed by atoms with E-state index in [9.17, 15) is 19.1 Å². The number of rotatable bonds is 6. The van der Waals surface area contributed by atoms with Gasteiger partial charge in [-0.25, -0.2) is 18.6 Å². The normalized spacial score (nSPS) is 18.8. The lowest BCUT2D eigenvalue weighted by atomic mass is 10.00. The van der Waals surface area contributed by atoms with Gasteiger partial charge in [0, 0.05) is 68.9 Å². The maximum absolute atomic E-state index is 15.8. The van der Waals surface area contributed by atoms with Crippen LogP contribution in [0.15, 0.2) is 41.5 Å². The number of carboxylic acid groups (broad SMARTS) is 1. The van der Waals surface area contributed by atoms with Crippen molar-refractivity contribution in [2.75, 3.05) is 58.0 Å². The molecule has 3 N–H and O–H groups in total. The minimum Gasteiger partial charge on any atom is -0.477 e. The summed E-state index contributed by atoms with van der Waals surface area (Å²) in [4.78, 5) is 39.9. The summed E-state index contributed by atoms with van der Waals surface area (Å²) in [6.45, 7) is 2.92. The zero-order valence-electron chi connectivity index (χ0n) is 24.9. The van der Waals surface area contributed by atoms with Gasteiger partial charge in [-0.05, 0) is 51.2 Å². The van der Waals surface area contributed by atoms with E-state index >= 15 is 4.39 Å². The third kappa shape index (κ3) is 4.23. The largest absolute Gasteiger partial charge is 0.477 e. The molecule has 2 aliphatic heterocycles. The van der Waals surface area contributed by atoms with Gasteiger partial charge in [0.2, 0.25) is 0 Å². The highest BCUT2D eigenvalue weighted by atomic mass is 19.2. The maximum Gasteiger partial charge on any atom is 0.341 e. The average Bonchev–Trinajstić information content (AvgIpc) is 3.67. The number of anilines is 2. The summed E-state index contributed by atoms with van der Waals surface area (Å²) in [7, 11) is 7.48. The van der Waals surface area contributed by atoms with Crippen molar-refractivity contribution in [1.29, 1.82) is 0 Å². The predicted molar refractivity (Wildman–Crippen MR) is 167 cm³/mol. The second-order valence-electron chi connectivity index (χ2n) is 12.2. The molecule has 0 unspecified atom stereocenters. The number of aromatic carboxylic acids is 1. The van der Waals surface area contributed by atoms with E-state index in [2.05, 4.69) is 32.1 Å². The summed E-state index contributed by atoms with van der Waals surface area (Å²) >= 11 is 0. The number of pyridine rings is 3. The summed E-state index contributed by atoms with van der Waals surface area (Å²) in [6.07, 6.45) is 4.28. The molecule has 44 heavy (non-hydrogen) atoms. The molecule has 0 radical (unpaired) electrons. The number of halogens is 2. The first kappa shape index (κ1) is 28.2. The average molecular weight is 602 g/mol. The number of carbonyl (C=O) groups is 1. The molecule has 2 saturated heterocycles. The van der Waals surface area contributed by atoms with Crippen LogP contribution in [0.4, 0.5) is 20.2 Å². The molecule has 6 heterocycles. The van der Waals surface area contributed by atoms with Gasteiger partial charge in [0.1, 0.15) is 11.2 Å². The summed E-state index contributed by atoms with van der Waals surface area (Å²) < 4.78 is 32.1. The first-order chi connectivity index (χ1) is 21.1. The number of H-pyrrole nitrogens is 1. The monoisotopic (exact) mass is 601 g/mol. The molecule has 0 aliphatic carbocycles. The lowest BCUT2D eigenvalue weighted by Crippen LogP contribution is -2.35. The molecule has 0 spiro atoms. The Bertz CT molecular complexity index is 2050. The van der Waals surface area contributed by atoms with Crippen LogP contribution < -0.4 is 15.8 Å². The minimum atomic E-state index is -1.30. The Morgan fingerprint density at radius 1 is 1.20 bits per heavy atom. The Hall–Kier alpha value is -4.55. The van der Waals surface area contributed by atoms with Crippen LogP contribution >= 0.6 is 0 Å². The van der Waals surface area contributed by atoms with E-state index in [1.165, 1.54) is 10.5 Å². The van der Waals surface area contributed by atoms with Gasteiger partial charge in [-0.15, -0.1) is 0 Å². The van der Waals surface area contributed by atoms with Gasteiger partial charge < -0.3 is 30.1 Å². The molecule has 12 heteroatoms. The van der Waals surface area contributed by atoms with Crippen molar-refractivity contribution in [2.45, 2.75) is 19.0 Å². The van der Waals surface area contributed by atoms with Gasteiger partial charge in [-0.3, -0.25) is 9.20 Å². The van der Waals surface area contributed by atoms with Crippen LogP contribution in [0.3, 0.4) is 0 Å². The van der Waals surface area contributed by atoms with Crippen molar-refractivity contribution in [1.82, 2.24) is 24.2 Å². The predicted octanol–water partition coefficient (Wildman–Crippen LogP) is 4.22. The van der Waals surface area contributed by atoms with Gasteiger partial charge in [-0.2, -0.15) is 0 Å². The smallest absolute Gasteiger partial charge is 0.341 e. The van der Waals surface area contributed by atoms with E-state index in [4.69, 9.17) is 0 Å². The van der Waals surface area contributed by atoms with Crippen LogP contribution in [0.1, 0.15) is 22.3 Å². The lowest BCUT2D eigenvalue weighted by Gasteiger charge is -2.29. The van der Waals surface area contributed by atoms with Crippen LogP contribution in [-0.4, -0.2) is 89.1 Å². The van der Waals surface area contributed by atoms with Crippen LogP contribution in [0, 0.1) is 17.6 Å². The molecule has 2 fully saturated rings. The van der Waals surface area contributed by atoms with Crippen LogP contribution in [0.5, 0.6) is 0 Å². The second kappa shape index (κ2) is 10.3. The third-order valence-corrected chi connectivity index (χ3v) is 9.12. The summed E-state index contributed by atoms with van der Waals surface area (Å²) in [5.41, 5.74) is 3.53. The Morgan fingerprint density at radius 3 is 2.73 bits per heavy atom. The van der Waals surface area contributed by atoms with Crippen molar-refractivity contribution < 1.29 is 18.7 Å². The Labute approximate surface area is 251 Å². The molecule has 10 nitrogen and oxygen atoms in total. The Morgan fingerprint density at radius 2 is 2.00 bits per heavy atom. The molecule has 2 atom stereocenters. The molecule has 0 bridgehead atoms. The molecule has 0 saturated carbocycles. The lowest BCUT2D eigenvalue weighted by molar-refractivity contribution is 0.0694. The summed E-state index contributed by atoms with van der Waals surface area (Å²) in [6, 6.07) is 6.40. The van der Waals surface area contributed by atoms with Gasteiger partial charge in [0.25, 0.3) is 5.56 Å². The first-order valence-electron chi connectivity index (χ1n) is 14.6. The number of hydrogen-bond acceptors (Lipinski definition) is 7. The van der Waals surface area contributed by atoms with E-state index in [1.807, 2.05) is 25.1 Å². The number of aromatic nitrogens is 3. The number of hydrogen-bond donors (Lipinski definition) is 3. The number of likely N-dealkylation sites (N-methyl/N-ethyl adjacent to an activating group) is 1. The fraction of sp³-hybridized carbons (Fsp3) is 0.344. The van der Waals surface area contributed by atoms with Gasteiger partial charge in [0.15, 0.2) is 11.6 Å². The zero-order valence-corrected chi connectivity index (χ0v) is 24.9. The summed E-state index contributed by atoms with van der Waals surface area (Å²) in [5, 5.41) is 13.4. The van der Waals surface area contributed by atoms with Crippen molar-refractivity contribution >= 4 is 44.8 Å². The van der Waals surface area contributed by atoms with Crippen LogP contribution in [-0.2, 0) is 6.54 Å². The second-order valence-corrected chi connectivity index (χ2v) is 12.2. The van der Waals surface area contributed by atoms with Gasteiger partial charge in [-0.1, -0.05) is 6.07 Å². The summed E-state index contributed by atoms with van der Waals surface area (Å²) in [5.74, 6) is -2.81. The number of fused-ring (bicyclic) bond motifs is 5. The SMILES string of the molecule is CNc1cc(F)c(F)c2c1[nH]c1ncc(-c3ccc4c(CN(C)C)cc(C(=O)O)c(=O)n4c3)c(N3CC[C@@H]4CN(C)C[C@@H]43)c12. The molecular formula is C32H33F2N7O3. The van der Waals surface area contributed by atoms with E-state index in [0.717, 1.165) is 32.1 Å². The van der Waals surface area contributed by atoms with Crippen LogP contribution in [0.25, 0.3) is 38.6 Å². The van der Waals surface area contributed by atoms with E-state index in [-0.39, 0.29) is 17.0 Å². The molecule has 2 aliphatic rings. The third-order valence-electron chi connectivity index (χ3n) is 9.12. The minimum absolute atomic E-state index is 0.114. The van der Waals surface area contributed by atoms with Gasteiger partial charge >= 0.3 is 5.97 Å². The quantitative estimate of drug-likeness (QED) is 0.266. The number of likely N-dealkylation sites (tertiary alicyclic amines) is 1. The molecule has 4 aromatic heterocycles. The Kier molecular flexibility index (Phi) is 6.59. The highest BCUT2D eigenvalue weighted by molar-refractivity contribution is 6.18. The van der Waals surface area contributed by atoms with Crippen molar-refractivity contribution in [3.05, 3.63) is 69.8 Å². The number of nitrogens with one attached hydrogen (secondary N) is 2. The first-order valence-corrected chi connectivity index (χ1v) is 14.6. The maximum atomic E-state index is 15.8. The number of carboxylic acids is 1. The molecule has 5 aromatic rings. The van der Waals surface area contributed by atoms with E-state index < -0.39 is 23.2 Å². The fourth-order valence-corrected chi connectivity index (χ4v) is 7.25. The molecule has 7 rings (SSSR count). The van der Waals surface area contributed by atoms with E-state index in [1.54, 1.807) is 25.5 Å². The molecular weight excluding hydrogens is 568 g/mol. The van der Waals surface area contributed by atoms with E-state index in [0.29, 0.717) is 62.6 Å². The highest BCUT2D eigenvalue weighted by Gasteiger charge is 2.42. The number of benzene rings is 1. The van der Waals surface area contributed by atoms with Gasteiger partial charge in [0.05, 0.1) is 33.2 Å². The zero-order chi connectivity index (χ0) is 31.0. The van der Waals surface area contributed by atoms with Crippen molar-refractivity contribution in [3.8, 4) is 11.1 Å². The van der Waals surface area contributed by atoms with Crippen LogP contribution in [0.2, 0.25) is 0 Å². The molecule has 1 aromatic carbocycles. The fourth-order valence-electron chi connectivity index (χ4n) is 7.25. The standard InChI is InChI=1S/C32H33F2N7O3/c1-35-22-10-21(33)27(34)25-26-29(40-8-7-17-13-39(4)15-24(17)40)20(11-36-30(26)37-28(22)25)16-5-6-23-18(12-38(2)3)9-19(32(43)44)31(42)41(23)14-16/h5-6,9-11,14,17,24,35H,7-8,12-13,15H2,1-4H3,(H,36,37)(H,43,44)/t17-,24+/m1/s1. The number of aromatic amines is 1. The highest BCUT2D eigenvalue weighted by Crippen LogP contribution is 2.46.